The van der Waals surface area contributed by atoms with Gasteiger partial charge in [0.1, 0.15) is 46.0 Å². The summed E-state index contributed by atoms with van der Waals surface area (Å²) in [6.45, 7) is 0. The number of nitrogen functional groups attached to an aromatic ring is 2. The topological polar surface area (TPSA) is 89.0 Å². The van der Waals surface area contributed by atoms with Crippen LogP contribution < -0.4 is 30.4 Å². The summed E-state index contributed by atoms with van der Waals surface area (Å²) in [6.07, 6.45) is 0. The quantitative estimate of drug-likeness (QED) is 0.220. The second-order valence-corrected chi connectivity index (χ2v) is 7.96. The van der Waals surface area contributed by atoms with Gasteiger partial charge in [-0.3, -0.25) is 0 Å². The Bertz CT molecular complexity index is 1310. The van der Waals surface area contributed by atoms with E-state index in [1.165, 1.54) is 0 Å². The minimum Gasteiger partial charge on any atom is -0.457 e. The van der Waals surface area contributed by atoms with Gasteiger partial charge in [-0.25, -0.2) is 0 Å². The van der Waals surface area contributed by atoms with E-state index in [1.807, 2.05) is 97.1 Å². The van der Waals surface area contributed by atoms with Crippen LogP contribution in [0.25, 0.3) is 0 Å². The first-order valence-corrected chi connectivity index (χ1v) is 11.3. The van der Waals surface area contributed by atoms with Gasteiger partial charge in [-0.2, -0.15) is 0 Å². The standard InChI is InChI=1S/C30H24N2O4/c31-21-4-8-23(9-5-21)33-25-12-16-27(17-13-25)35-29-2-1-3-30(20-29)36-28-18-14-26(15-19-28)34-24-10-6-22(32)7-11-24/h1-20H,31-32H2. The van der Waals surface area contributed by atoms with Crippen molar-refractivity contribution in [1.82, 2.24) is 0 Å². The molecule has 6 heteroatoms. The molecule has 0 aliphatic rings. The highest BCUT2D eigenvalue weighted by atomic mass is 16.5. The largest absolute Gasteiger partial charge is 0.457 e. The average molecular weight is 477 g/mol. The Balaban J connectivity index is 1.19. The van der Waals surface area contributed by atoms with Crippen molar-refractivity contribution in [2.24, 2.45) is 0 Å². The molecule has 0 aromatic heterocycles. The molecule has 0 fully saturated rings. The molecule has 0 aliphatic carbocycles. The normalized spacial score (nSPS) is 10.4. The molecule has 0 unspecified atom stereocenters. The van der Waals surface area contributed by atoms with Crippen molar-refractivity contribution in [2.45, 2.75) is 0 Å². The fraction of sp³-hybridized carbons (Fsp3) is 0. The lowest BCUT2D eigenvalue weighted by Gasteiger charge is -2.11. The molecule has 0 saturated heterocycles. The van der Waals surface area contributed by atoms with Crippen LogP contribution in [0, 0.1) is 0 Å². The molecule has 0 atom stereocenters. The molecule has 5 rings (SSSR count). The van der Waals surface area contributed by atoms with E-state index in [2.05, 4.69) is 0 Å². The molecule has 0 aliphatic heterocycles. The fourth-order valence-electron chi connectivity index (χ4n) is 3.37. The lowest BCUT2D eigenvalue weighted by atomic mass is 10.3. The highest BCUT2D eigenvalue weighted by molar-refractivity contribution is 5.46. The van der Waals surface area contributed by atoms with E-state index in [4.69, 9.17) is 30.4 Å². The zero-order chi connectivity index (χ0) is 24.7. The second kappa shape index (κ2) is 10.4. The number of hydrogen-bond acceptors (Lipinski definition) is 6. The van der Waals surface area contributed by atoms with Crippen molar-refractivity contribution in [2.75, 3.05) is 11.5 Å². The maximum atomic E-state index is 5.99. The molecular weight excluding hydrogens is 452 g/mol. The van der Waals surface area contributed by atoms with Gasteiger partial charge >= 0.3 is 0 Å². The number of rotatable bonds is 8. The summed E-state index contributed by atoms with van der Waals surface area (Å²) < 4.78 is 23.6. The highest BCUT2D eigenvalue weighted by Crippen LogP contribution is 2.31. The number of anilines is 2. The van der Waals surface area contributed by atoms with E-state index in [1.54, 1.807) is 24.3 Å². The van der Waals surface area contributed by atoms with Crippen molar-refractivity contribution in [3.63, 3.8) is 0 Å². The third kappa shape index (κ3) is 6.07. The summed E-state index contributed by atoms with van der Waals surface area (Å²) in [4.78, 5) is 0. The molecule has 0 saturated carbocycles. The maximum Gasteiger partial charge on any atom is 0.131 e. The lowest BCUT2D eigenvalue weighted by Crippen LogP contribution is -1.89. The van der Waals surface area contributed by atoms with Gasteiger partial charge in [-0.1, -0.05) is 6.07 Å². The minimum atomic E-state index is 0.656. The molecule has 0 bridgehead atoms. The third-order valence-corrected chi connectivity index (χ3v) is 5.16. The molecule has 4 N–H and O–H groups in total. The smallest absolute Gasteiger partial charge is 0.131 e. The summed E-state index contributed by atoms with van der Waals surface area (Å²) >= 11 is 0. The number of nitrogens with two attached hydrogens (primary N) is 2. The van der Waals surface area contributed by atoms with E-state index in [-0.39, 0.29) is 0 Å². The molecule has 0 amide bonds. The molecule has 36 heavy (non-hydrogen) atoms. The third-order valence-electron chi connectivity index (χ3n) is 5.16. The second-order valence-electron chi connectivity index (χ2n) is 7.96. The minimum absolute atomic E-state index is 0.656. The van der Waals surface area contributed by atoms with Crippen LogP contribution in [0.5, 0.6) is 46.0 Å². The van der Waals surface area contributed by atoms with Gasteiger partial charge in [-0.15, -0.1) is 0 Å². The number of ether oxygens (including phenoxy) is 4. The van der Waals surface area contributed by atoms with Crippen LogP contribution in [0.3, 0.4) is 0 Å². The molecule has 178 valence electrons. The van der Waals surface area contributed by atoms with Gasteiger partial charge in [0, 0.05) is 17.4 Å². The Hall–Kier alpha value is -5.10. The van der Waals surface area contributed by atoms with E-state index in [9.17, 15) is 0 Å². The van der Waals surface area contributed by atoms with Gasteiger partial charge in [0.2, 0.25) is 0 Å². The lowest BCUT2D eigenvalue weighted by molar-refractivity contribution is 0.454. The number of hydrogen-bond donors (Lipinski definition) is 2. The Morgan fingerprint density at radius 3 is 0.861 bits per heavy atom. The molecule has 0 spiro atoms. The van der Waals surface area contributed by atoms with Crippen LogP contribution in [0.1, 0.15) is 0 Å². The van der Waals surface area contributed by atoms with Crippen molar-refractivity contribution in [1.29, 1.82) is 0 Å². The number of benzene rings is 5. The van der Waals surface area contributed by atoms with E-state index >= 15 is 0 Å². The molecule has 6 nitrogen and oxygen atoms in total. The van der Waals surface area contributed by atoms with Crippen LogP contribution in [0.4, 0.5) is 11.4 Å². The van der Waals surface area contributed by atoms with Gasteiger partial charge in [-0.05, 0) is 109 Å². The molecule has 5 aromatic rings. The first-order valence-electron chi connectivity index (χ1n) is 11.3. The predicted molar refractivity (Wildman–Crippen MR) is 141 cm³/mol. The first kappa shape index (κ1) is 22.7. The van der Waals surface area contributed by atoms with Crippen molar-refractivity contribution < 1.29 is 18.9 Å². The van der Waals surface area contributed by atoms with E-state index in [0.717, 1.165) is 0 Å². The zero-order valence-corrected chi connectivity index (χ0v) is 19.3. The molecule has 0 heterocycles. The van der Waals surface area contributed by atoms with Crippen molar-refractivity contribution in [3.05, 3.63) is 121 Å². The molecular formula is C30H24N2O4. The Kier molecular flexibility index (Phi) is 6.58. The zero-order valence-electron chi connectivity index (χ0n) is 19.3. The summed E-state index contributed by atoms with van der Waals surface area (Å²) in [5, 5.41) is 0. The van der Waals surface area contributed by atoms with Crippen molar-refractivity contribution >= 4 is 11.4 Å². The van der Waals surface area contributed by atoms with E-state index in [0.29, 0.717) is 57.4 Å². The van der Waals surface area contributed by atoms with Gasteiger partial charge in [0.25, 0.3) is 0 Å². The van der Waals surface area contributed by atoms with Gasteiger partial charge < -0.3 is 30.4 Å². The first-order chi connectivity index (χ1) is 17.6. The summed E-state index contributed by atoms with van der Waals surface area (Å²) in [6, 6.07) is 36.7. The average Bonchev–Trinajstić information content (AvgIpc) is 2.89. The maximum absolute atomic E-state index is 5.99. The Labute approximate surface area is 209 Å². The van der Waals surface area contributed by atoms with Crippen LogP contribution in [0.2, 0.25) is 0 Å². The SMILES string of the molecule is Nc1ccc(Oc2ccc(Oc3cccc(Oc4ccc(Oc5ccc(N)cc5)cc4)c3)cc2)cc1. The summed E-state index contributed by atoms with van der Waals surface area (Å²) in [5.41, 5.74) is 12.8. The van der Waals surface area contributed by atoms with Crippen LogP contribution >= 0.6 is 0 Å². The Morgan fingerprint density at radius 1 is 0.306 bits per heavy atom. The molecule has 5 aromatic carbocycles. The van der Waals surface area contributed by atoms with Crippen LogP contribution in [-0.2, 0) is 0 Å². The van der Waals surface area contributed by atoms with Crippen LogP contribution in [0.15, 0.2) is 121 Å². The van der Waals surface area contributed by atoms with Crippen molar-refractivity contribution in [3.8, 4) is 46.0 Å². The Morgan fingerprint density at radius 2 is 0.556 bits per heavy atom. The summed E-state index contributed by atoms with van der Waals surface area (Å²) in [5.74, 6) is 5.51. The molecule has 0 radical (unpaired) electrons. The van der Waals surface area contributed by atoms with Gasteiger partial charge in [0.05, 0.1) is 0 Å². The van der Waals surface area contributed by atoms with E-state index < -0.39 is 0 Å². The fourth-order valence-corrected chi connectivity index (χ4v) is 3.37. The summed E-state index contributed by atoms with van der Waals surface area (Å²) in [7, 11) is 0. The predicted octanol–water partition coefficient (Wildman–Crippen LogP) is 8.02. The monoisotopic (exact) mass is 476 g/mol. The van der Waals surface area contributed by atoms with Crippen LogP contribution in [-0.4, -0.2) is 0 Å². The highest BCUT2D eigenvalue weighted by Gasteiger charge is 2.04. The van der Waals surface area contributed by atoms with Gasteiger partial charge in [0.15, 0.2) is 0 Å².